The zero-order valence-corrected chi connectivity index (χ0v) is 13.8. The molecule has 1 fully saturated rings. The fraction of sp³-hybridized carbons (Fsp3) is 0.300. The minimum Gasteiger partial charge on any atom is -0.508 e. The fourth-order valence-electron chi connectivity index (χ4n) is 2.97. The second-order valence-corrected chi connectivity index (χ2v) is 6.20. The molecule has 5 heteroatoms. The van der Waals surface area contributed by atoms with Gasteiger partial charge in [0.25, 0.3) is 0 Å². The first kappa shape index (κ1) is 17.0. The molecule has 1 aliphatic carbocycles. The van der Waals surface area contributed by atoms with E-state index in [0.29, 0.717) is 37.2 Å². The summed E-state index contributed by atoms with van der Waals surface area (Å²) < 4.78 is 10.7. The molecule has 3 rings (SSSR count). The smallest absolute Gasteiger partial charge is 0.314 e. The number of hydrogen-bond acceptors (Lipinski definition) is 5. The molecule has 1 aliphatic rings. The average Bonchev–Trinajstić information content (AvgIpc) is 2.64. The van der Waals surface area contributed by atoms with Crippen molar-refractivity contribution >= 4 is 11.9 Å². The van der Waals surface area contributed by atoms with E-state index in [1.165, 1.54) is 12.1 Å². The molecule has 2 aromatic carbocycles. The SMILES string of the molecule is O=C(Oc1ccccc1)C1CCC(C(=O)Oc2ccc(O)cc2)CC1. The highest BCUT2D eigenvalue weighted by Gasteiger charge is 2.32. The molecule has 0 aromatic heterocycles. The number of rotatable bonds is 4. The van der Waals surface area contributed by atoms with Gasteiger partial charge in [0.05, 0.1) is 11.8 Å². The molecule has 1 saturated carbocycles. The maximum absolute atomic E-state index is 12.2. The van der Waals surface area contributed by atoms with Crippen molar-refractivity contribution in [3.05, 3.63) is 54.6 Å². The van der Waals surface area contributed by atoms with Crippen LogP contribution in [0.15, 0.2) is 54.6 Å². The largest absolute Gasteiger partial charge is 0.508 e. The fourth-order valence-corrected chi connectivity index (χ4v) is 2.97. The van der Waals surface area contributed by atoms with Crippen LogP contribution in [0.5, 0.6) is 17.2 Å². The molecule has 5 nitrogen and oxygen atoms in total. The van der Waals surface area contributed by atoms with Crippen LogP contribution in [0.2, 0.25) is 0 Å². The van der Waals surface area contributed by atoms with Crippen molar-refractivity contribution in [3.63, 3.8) is 0 Å². The summed E-state index contributed by atoms with van der Waals surface area (Å²) in [5.74, 6) is 0.150. The van der Waals surface area contributed by atoms with Gasteiger partial charge in [0.15, 0.2) is 0 Å². The molecule has 0 saturated heterocycles. The summed E-state index contributed by atoms with van der Waals surface area (Å²) in [6, 6.07) is 15.0. The van der Waals surface area contributed by atoms with E-state index >= 15 is 0 Å². The van der Waals surface area contributed by atoms with Crippen LogP contribution in [0.3, 0.4) is 0 Å². The van der Waals surface area contributed by atoms with Gasteiger partial charge in [-0.3, -0.25) is 9.59 Å². The molecular formula is C20H20O5. The molecule has 0 radical (unpaired) electrons. The van der Waals surface area contributed by atoms with Crippen LogP contribution in [0, 0.1) is 11.8 Å². The van der Waals surface area contributed by atoms with E-state index < -0.39 is 0 Å². The summed E-state index contributed by atoms with van der Waals surface area (Å²) in [6.45, 7) is 0. The van der Waals surface area contributed by atoms with Crippen LogP contribution < -0.4 is 9.47 Å². The van der Waals surface area contributed by atoms with Crippen molar-refractivity contribution in [2.24, 2.45) is 11.8 Å². The molecule has 1 N–H and O–H groups in total. The van der Waals surface area contributed by atoms with Gasteiger partial charge in [0.1, 0.15) is 17.2 Å². The Balaban J connectivity index is 1.48. The Bertz CT molecular complexity index is 716. The van der Waals surface area contributed by atoms with Crippen molar-refractivity contribution in [3.8, 4) is 17.2 Å². The van der Waals surface area contributed by atoms with E-state index in [1.54, 1.807) is 24.3 Å². The van der Waals surface area contributed by atoms with Gasteiger partial charge in [-0.05, 0) is 62.1 Å². The van der Waals surface area contributed by atoms with Gasteiger partial charge in [-0.1, -0.05) is 18.2 Å². The standard InChI is InChI=1S/C20H20O5/c21-16-10-12-18(13-11-16)25-20(23)15-8-6-14(7-9-15)19(22)24-17-4-2-1-3-5-17/h1-5,10-15,21H,6-9H2. The van der Waals surface area contributed by atoms with Crippen LogP contribution in [-0.4, -0.2) is 17.0 Å². The molecule has 2 aromatic rings. The minimum atomic E-state index is -0.291. The lowest BCUT2D eigenvalue weighted by Crippen LogP contribution is -2.30. The Morgan fingerprint density at radius 3 is 1.64 bits per heavy atom. The van der Waals surface area contributed by atoms with Gasteiger partial charge in [-0.15, -0.1) is 0 Å². The highest BCUT2D eigenvalue weighted by molar-refractivity contribution is 5.77. The third kappa shape index (κ3) is 4.59. The molecule has 130 valence electrons. The lowest BCUT2D eigenvalue weighted by atomic mass is 9.82. The predicted octanol–water partition coefficient (Wildman–Crippen LogP) is 3.71. The zero-order valence-electron chi connectivity index (χ0n) is 13.8. The number of phenolic OH excluding ortho intramolecular Hbond substituents is 1. The second kappa shape index (κ2) is 7.83. The maximum Gasteiger partial charge on any atom is 0.314 e. The number of carbonyl (C=O) groups is 2. The molecule has 0 unspecified atom stereocenters. The normalized spacial score (nSPS) is 19.8. The summed E-state index contributed by atoms with van der Waals surface area (Å²) in [7, 11) is 0. The third-order valence-corrected chi connectivity index (χ3v) is 4.41. The number of carbonyl (C=O) groups excluding carboxylic acids is 2. The van der Waals surface area contributed by atoms with E-state index in [2.05, 4.69) is 0 Å². The van der Waals surface area contributed by atoms with Gasteiger partial charge in [-0.25, -0.2) is 0 Å². The Labute approximate surface area is 146 Å². The van der Waals surface area contributed by atoms with Gasteiger partial charge < -0.3 is 14.6 Å². The van der Waals surface area contributed by atoms with Crippen LogP contribution in [-0.2, 0) is 9.59 Å². The van der Waals surface area contributed by atoms with Gasteiger partial charge >= 0.3 is 11.9 Å². The topological polar surface area (TPSA) is 72.8 Å². The van der Waals surface area contributed by atoms with E-state index in [9.17, 15) is 14.7 Å². The second-order valence-electron chi connectivity index (χ2n) is 6.20. The number of benzene rings is 2. The molecule has 0 heterocycles. The monoisotopic (exact) mass is 340 g/mol. The van der Waals surface area contributed by atoms with Crippen LogP contribution >= 0.6 is 0 Å². The first-order valence-corrected chi connectivity index (χ1v) is 8.39. The van der Waals surface area contributed by atoms with Crippen molar-refractivity contribution in [2.45, 2.75) is 25.7 Å². The molecule has 0 spiro atoms. The molecule has 0 atom stereocenters. The van der Waals surface area contributed by atoms with Gasteiger partial charge in [-0.2, -0.15) is 0 Å². The molecule has 0 aliphatic heterocycles. The molecule has 0 amide bonds. The van der Waals surface area contributed by atoms with Crippen molar-refractivity contribution in [1.82, 2.24) is 0 Å². The lowest BCUT2D eigenvalue weighted by Gasteiger charge is -2.25. The third-order valence-electron chi connectivity index (χ3n) is 4.41. The Morgan fingerprint density at radius 2 is 1.16 bits per heavy atom. The zero-order chi connectivity index (χ0) is 17.6. The van der Waals surface area contributed by atoms with E-state index in [-0.39, 0.29) is 29.5 Å². The van der Waals surface area contributed by atoms with E-state index in [4.69, 9.17) is 9.47 Å². The molecule has 0 bridgehead atoms. The van der Waals surface area contributed by atoms with Gasteiger partial charge in [0, 0.05) is 0 Å². The average molecular weight is 340 g/mol. The number of para-hydroxylation sites is 1. The molecule has 25 heavy (non-hydrogen) atoms. The number of aromatic hydroxyl groups is 1. The first-order chi connectivity index (χ1) is 12.1. The first-order valence-electron chi connectivity index (χ1n) is 8.39. The van der Waals surface area contributed by atoms with Crippen molar-refractivity contribution in [2.75, 3.05) is 0 Å². The lowest BCUT2D eigenvalue weighted by molar-refractivity contribution is -0.145. The number of ether oxygens (including phenoxy) is 2. The van der Waals surface area contributed by atoms with Crippen LogP contribution in [0.4, 0.5) is 0 Å². The number of phenols is 1. The highest BCUT2D eigenvalue weighted by atomic mass is 16.5. The predicted molar refractivity (Wildman–Crippen MR) is 91.3 cm³/mol. The minimum absolute atomic E-state index is 0.122. The van der Waals surface area contributed by atoms with Crippen LogP contribution in [0.25, 0.3) is 0 Å². The number of hydrogen-bond donors (Lipinski definition) is 1. The maximum atomic E-state index is 12.2. The molecular weight excluding hydrogens is 320 g/mol. The van der Waals surface area contributed by atoms with E-state index in [0.717, 1.165) is 0 Å². The summed E-state index contributed by atoms with van der Waals surface area (Å²) in [5.41, 5.74) is 0. The Kier molecular flexibility index (Phi) is 5.33. The summed E-state index contributed by atoms with van der Waals surface area (Å²) in [5, 5.41) is 9.24. The number of esters is 2. The quantitative estimate of drug-likeness (QED) is 0.678. The van der Waals surface area contributed by atoms with E-state index in [1.807, 2.05) is 18.2 Å². The van der Waals surface area contributed by atoms with Crippen LogP contribution in [0.1, 0.15) is 25.7 Å². The Hall–Kier alpha value is -2.82. The van der Waals surface area contributed by atoms with Crippen molar-refractivity contribution in [1.29, 1.82) is 0 Å². The summed E-state index contributed by atoms with van der Waals surface area (Å²) in [6.07, 6.45) is 2.43. The highest BCUT2D eigenvalue weighted by Crippen LogP contribution is 2.31. The summed E-state index contributed by atoms with van der Waals surface area (Å²) >= 11 is 0. The summed E-state index contributed by atoms with van der Waals surface area (Å²) in [4.78, 5) is 24.4. The van der Waals surface area contributed by atoms with Crippen molar-refractivity contribution < 1.29 is 24.2 Å². The Morgan fingerprint density at radius 1 is 0.720 bits per heavy atom. The van der Waals surface area contributed by atoms with Gasteiger partial charge in [0.2, 0.25) is 0 Å².